The number of hydrazine groups is 1. The number of aryl methyl sites for hydroxylation is 1. The van der Waals surface area contributed by atoms with Crippen molar-refractivity contribution in [1.29, 1.82) is 0 Å². The van der Waals surface area contributed by atoms with Crippen LogP contribution in [0.3, 0.4) is 0 Å². The number of carbonyl (C=O) groups excluding carboxylic acids is 3. The number of ether oxygens (including phenoxy) is 1. The molecule has 3 N–H and O–H groups in total. The van der Waals surface area contributed by atoms with Crippen LogP contribution < -0.4 is 16.2 Å². The molecule has 2 heterocycles. The minimum atomic E-state index is -0.875. The maximum Gasteiger partial charge on any atom is 0.425 e. The topological polar surface area (TPSA) is 114 Å². The molecule has 3 amide bonds. The number of aromatic nitrogens is 2. The Kier molecular flexibility index (Phi) is 7.24. The molecule has 32 heavy (non-hydrogen) atoms. The SMILES string of the molecule is COC(=O)NNC(=O)c1cc(Cl)cc(C)c1NC(=O)c1cc(Cl)c(Cl)n1-c1ccccn1. The highest BCUT2D eigenvalue weighted by atomic mass is 35.5. The first-order valence-corrected chi connectivity index (χ1v) is 10.1. The summed E-state index contributed by atoms with van der Waals surface area (Å²) in [5.41, 5.74) is 5.01. The molecule has 3 aromatic rings. The second kappa shape index (κ2) is 9.90. The van der Waals surface area contributed by atoms with E-state index in [4.69, 9.17) is 34.8 Å². The lowest BCUT2D eigenvalue weighted by atomic mass is 10.1. The molecule has 0 saturated heterocycles. The summed E-state index contributed by atoms with van der Waals surface area (Å²) in [6, 6.07) is 9.40. The summed E-state index contributed by atoms with van der Waals surface area (Å²) >= 11 is 18.5. The third-order valence-corrected chi connectivity index (χ3v) is 5.23. The Morgan fingerprint density at radius 1 is 1.03 bits per heavy atom. The molecule has 2 aromatic heterocycles. The van der Waals surface area contributed by atoms with Gasteiger partial charge in [-0.2, -0.15) is 0 Å². The molecule has 1 aromatic carbocycles. The molecule has 3 rings (SSSR count). The number of hydrogen-bond donors (Lipinski definition) is 3. The van der Waals surface area contributed by atoms with Crippen LogP contribution in [-0.4, -0.2) is 34.6 Å². The molecule has 9 nitrogen and oxygen atoms in total. The predicted molar refractivity (Wildman–Crippen MR) is 121 cm³/mol. The van der Waals surface area contributed by atoms with Crippen LogP contribution in [0.15, 0.2) is 42.6 Å². The molecular formula is C20H16Cl3N5O4. The molecule has 0 atom stereocenters. The van der Waals surface area contributed by atoms with Gasteiger partial charge in [0.1, 0.15) is 16.7 Å². The molecule has 0 unspecified atom stereocenters. The van der Waals surface area contributed by atoms with Crippen molar-refractivity contribution in [2.24, 2.45) is 0 Å². The van der Waals surface area contributed by atoms with Gasteiger partial charge in [-0.15, -0.1) is 0 Å². The van der Waals surface area contributed by atoms with Crippen LogP contribution in [0.1, 0.15) is 26.4 Å². The molecule has 12 heteroatoms. The number of amides is 3. The first kappa shape index (κ1) is 23.4. The van der Waals surface area contributed by atoms with Crippen molar-refractivity contribution in [2.45, 2.75) is 6.92 Å². The van der Waals surface area contributed by atoms with E-state index in [-0.39, 0.29) is 32.1 Å². The van der Waals surface area contributed by atoms with E-state index >= 15 is 0 Å². The largest absolute Gasteiger partial charge is 0.452 e. The average Bonchev–Trinajstić information content (AvgIpc) is 3.08. The summed E-state index contributed by atoms with van der Waals surface area (Å²) in [6.07, 6.45) is 0.668. The van der Waals surface area contributed by atoms with Crippen molar-refractivity contribution < 1.29 is 19.1 Å². The Labute approximate surface area is 197 Å². The van der Waals surface area contributed by atoms with E-state index in [0.717, 1.165) is 7.11 Å². The van der Waals surface area contributed by atoms with E-state index < -0.39 is 17.9 Å². The molecule has 0 aliphatic rings. The van der Waals surface area contributed by atoms with E-state index in [0.29, 0.717) is 11.4 Å². The van der Waals surface area contributed by atoms with Crippen LogP contribution in [0, 0.1) is 6.92 Å². The van der Waals surface area contributed by atoms with Crippen molar-refractivity contribution in [3.05, 3.63) is 74.6 Å². The van der Waals surface area contributed by atoms with Gasteiger partial charge in [-0.25, -0.2) is 15.2 Å². The van der Waals surface area contributed by atoms with Gasteiger partial charge in [-0.1, -0.05) is 40.9 Å². The number of anilines is 1. The third-order valence-electron chi connectivity index (χ3n) is 4.26. The molecule has 166 valence electrons. The predicted octanol–water partition coefficient (Wildman–Crippen LogP) is 4.39. The number of halogens is 3. The fraction of sp³-hybridized carbons (Fsp3) is 0.100. The Hall–Kier alpha value is -3.27. The minimum Gasteiger partial charge on any atom is -0.452 e. The van der Waals surface area contributed by atoms with E-state index in [9.17, 15) is 14.4 Å². The van der Waals surface area contributed by atoms with Crippen LogP contribution in [-0.2, 0) is 4.74 Å². The Morgan fingerprint density at radius 3 is 2.44 bits per heavy atom. The van der Waals surface area contributed by atoms with Crippen LogP contribution >= 0.6 is 34.8 Å². The Morgan fingerprint density at radius 2 is 1.78 bits per heavy atom. The minimum absolute atomic E-state index is 0.00730. The number of nitrogens with zero attached hydrogens (tertiary/aromatic N) is 2. The van der Waals surface area contributed by atoms with Gasteiger partial charge in [-0.3, -0.25) is 19.6 Å². The van der Waals surface area contributed by atoms with Crippen molar-refractivity contribution in [2.75, 3.05) is 12.4 Å². The zero-order valence-electron chi connectivity index (χ0n) is 16.7. The molecule has 0 fully saturated rings. The van der Waals surface area contributed by atoms with E-state index in [2.05, 4.69) is 25.9 Å². The zero-order valence-corrected chi connectivity index (χ0v) is 19.0. The van der Waals surface area contributed by atoms with Gasteiger partial charge in [0, 0.05) is 11.2 Å². The van der Waals surface area contributed by atoms with E-state index in [1.165, 1.54) is 16.7 Å². The highest BCUT2D eigenvalue weighted by Gasteiger charge is 2.23. The highest BCUT2D eigenvalue weighted by Crippen LogP contribution is 2.31. The fourth-order valence-corrected chi connectivity index (χ4v) is 3.52. The maximum atomic E-state index is 13.2. The van der Waals surface area contributed by atoms with Gasteiger partial charge >= 0.3 is 6.09 Å². The average molecular weight is 497 g/mol. The van der Waals surface area contributed by atoms with Gasteiger partial charge < -0.3 is 10.1 Å². The summed E-state index contributed by atoms with van der Waals surface area (Å²) in [6.45, 7) is 1.66. The second-order valence-electron chi connectivity index (χ2n) is 6.36. The number of pyridine rings is 1. The number of nitrogens with one attached hydrogen (secondary N) is 3. The van der Waals surface area contributed by atoms with Crippen LogP contribution in [0.4, 0.5) is 10.5 Å². The first-order chi connectivity index (χ1) is 15.2. The molecule has 0 saturated carbocycles. The Balaban J connectivity index is 1.98. The second-order valence-corrected chi connectivity index (χ2v) is 7.56. The van der Waals surface area contributed by atoms with Crippen molar-refractivity contribution in [3.8, 4) is 5.82 Å². The summed E-state index contributed by atoms with van der Waals surface area (Å²) < 4.78 is 5.79. The van der Waals surface area contributed by atoms with Gasteiger partial charge in [-0.05, 0) is 42.8 Å². The quantitative estimate of drug-likeness (QED) is 0.463. The summed E-state index contributed by atoms with van der Waals surface area (Å²) in [4.78, 5) is 41.2. The molecule has 0 aliphatic heterocycles. The monoisotopic (exact) mass is 495 g/mol. The van der Waals surface area contributed by atoms with Gasteiger partial charge in [0.15, 0.2) is 0 Å². The number of methoxy groups -OCH3 is 1. The van der Waals surface area contributed by atoms with E-state index in [1.807, 2.05) is 0 Å². The summed E-state index contributed by atoms with van der Waals surface area (Å²) in [7, 11) is 1.14. The Bertz CT molecular complexity index is 1200. The third kappa shape index (κ3) is 4.96. The lowest BCUT2D eigenvalue weighted by Gasteiger charge is -2.16. The smallest absolute Gasteiger partial charge is 0.425 e. The van der Waals surface area contributed by atoms with Crippen molar-refractivity contribution in [3.63, 3.8) is 0 Å². The van der Waals surface area contributed by atoms with Crippen molar-refractivity contribution in [1.82, 2.24) is 20.4 Å². The van der Waals surface area contributed by atoms with Gasteiger partial charge in [0.25, 0.3) is 11.8 Å². The zero-order chi connectivity index (χ0) is 23.4. The summed E-state index contributed by atoms with van der Waals surface area (Å²) in [5.74, 6) is -0.958. The first-order valence-electron chi connectivity index (χ1n) is 8.97. The number of hydrogen-bond acceptors (Lipinski definition) is 5. The molecular weight excluding hydrogens is 481 g/mol. The summed E-state index contributed by atoms with van der Waals surface area (Å²) in [5, 5.41) is 3.19. The lowest BCUT2D eigenvalue weighted by Crippen LogP contribution is -2.41. The van der Waals surface area contributed by atoms with Crippen LogP contribution in [0.2, 0.25) is 15.2 Å². The van der Waals surface area contributed by atoms with Gasteiger partial charge in [0.2, 0.25) is 0 Å². The lowest BCUT2D eigenvalue weighted by molar-refractivity contribution is 0.0921. The number of benzene rings is 1. The molecule has 0 aliphatic carbocycles. The maximum absolute atomic E-state index is 13.2. The standard InChI is InChI=1S/C20H16Cl3N5O4/c1-10-7-11(21)8-12(18(29)26-27-20(31)32-2)16(10)25-19(30)14-9-13(22)17(23)28(14)15-5-3-4-6-24-15/h3-9H,1-2H3,(H,25,30)(H,26,29)(H,27,31). The fourth-order valence-electron chi connectivity index (χ4n) is 2.83. The number of rotatable bonds is 4. The van der Waals surface area contributed by atoms with Crippen molar-refractivity contribution >= 4 is 58.4 Å². The number of carbonyl (C=O) groups is 3. The van der Waals surface area contributed by atoms with Crippen LogP contribution in [0.5, 0.6) is 0 Å². The molecule has 0 radical (unpaired) electrons. The van der Waals surface area contributed by atoms with Gasteiger partial charge in [0.05, 0.1) is 23.4 Å². The van der Waals surface area contributed by atoms with Crippen LogP contribution in [0.25, 0.3) is 5.82 Å². The highest BCUT2D eigenvalue weighted by molar-refractivity contribution is 6.42. The van der Waals surface area contributed by atoms with E-state index in [1.54, 1.807) is 37.4 Å². The molecule has 0 bridgehead atoms. The molecule has 0 spiro atoms. The normalized spacial score (nSPS) is 10.4.